The van der Waals surface area contributed by atoms with E-state index in [1.54, 1.807) is 22.5 Å². The zero-order chi connectivity index (χ0) is 24.0. The minimum Gasteiger partial charge on any atom is -0.491 e. The maximum absolute atomic E-state index is 13.8. The van der Waals surface area contributed by atoms with Crippen molar-refractivity contribution in [2.45, 2.75) is 50.5 Å². The molecule has 5 nitrogen and oxygen atoms in total. The van der Waals surface area contributed by atoms with E-state index >= 15 is 0 Å². The molecule has 1 N–H and O–H groups in total. The fourth-order valence-corrected chi connectivity index (χ4v) is 5.08. The number of amides is 1. The van der Waals surface area contributed by atoms with E-state index in [0.717, 1.165) is 0 Å². The Hall–Kier alpha value is -2.03. The Morgan fingerprint density at radius 3 is 2.61 bits per heavy atom. The first kappa shape index (κ1) is 25.6. The number of rotatable bonds is 9. The molecule has 0 bridgehead atoms. The summed E-state index contributed by atoms with van der Waals surface area (Å²) in [5, 5.41) is 3.41. The van der Waals surface area contributed by atoms with Gasteiger partial charge in [-0.15, -0.1) is 0 Å². The fraction of sp³-hybridized carbons (Fsp3) is 0.458. The number of hydrogen-bond acceptors (Lipinski definition) is 3. The first-order valence-corrected chi connectivity index (χ1v) is 12.5. The highest BCUT2D eigenvalue weighted by Gasteiger charge is 2.31. The van der Waals surface area contributed by atoms with Gasteiger partial charge in [-0.3, -0.25) is 4.79 Å². The number of ether oxygens (including phenoxy) is 1. The molecule has 9 heteroatoms. The zero-order valence-electron chi connectivity index (χ0n) is 18.8. The zero-order valence-corrected chi connectivity index (χ0v) is 20.4. The molecular weight excluding hydrogens is 470 g/mol. The van der Waals surface area contributed by atoms with Crippen molar-refractivity contribution in [3.63, 3.8) is 0 Å². The normalized spacial score (nSPS) is 16.4. The molecule has 1 aliphatic rings. The number of halogens is 3. The molecule has 1 fully saturated rings. The van der Waals surface area contributed by atoms with E-state index < -0.39 is 28.0 Å². The molecule has 0 spiro atoms. The molecule has 1 unspecified atom stereocenters. The minimum absolute atomic E-state index is 0.00283. The second-order valence-corrected chi connectivity index (χ2v) is 10.7. The molecule has 2 aromatic carbocycles. The second-order valence-electron chi connectivity index (χ2n) is 8.79. The topological polar surface area (TPSA) is 58.6 Å². The molecule has 3 rings (SSSR count). The van der Waals surface area contributed by atoms with E-state index in [1.807, 2.05) is 13.8 Å². The highest BCUT2D eigenvalue weighted by atomic mass is 35.5. The van der Waals surface area contributed by atoms with Crippen LogP contribution in [0, 0.1) is 17.0 Å². The molecule has 33 heavy (non-hydrogen) atoms. The van der Waals surface area contributed by atoms with Crippen LogP contribution in [-0.2, 0) is 15.8 Å². The maximum atomic E-state index is 13.8. The Morgan fingerprint density at radius 1 is 1.21 bits per heavy atom. The van der Waals surface area contributed by atoms with Crippen molar-refractivity contribution in [1.29, 1.82) is 0 Å². The first-order chi connectivity index (χ1) is 15.7. The van der Waals surface area contributed by atoms with E-state index in [4.69, 9.17) is 16.3 Å². The fourth-order valence-electron chi connectivity index (χ4n) is 3.67. The number of benzene rings is 2. The Balaban J connectivity index is 1.41. The Bertz CT molecular complexity index is 997. The lowest BCUT2D eigenvalue weighted by Crippen LogP contribution is -2.48. The van der Waals surface area contributed by atoms with Gasteiger partial charge in [-0.05, 0) is 62.1 Å². The van der Waals surface area contributed by atoms with Crippen LogP contribution < -0.4 is 10.1 Å². The van der Waals surface area contributed by atoms with Crippen molar-refractivity contribution in [2.24, 2.45) is 5.41 Å². The van der Waals surface area contributed by atoms with Gasteiger partial charge in [0.1, 0.15) is 16.8 Å². The average molecular weight is 499 g/mol. The monoisotopic (exact) mass is 498 g/mol. The third-order valence-corrected chi connectivity index (χ3v) is 7.46. The predicted octanol–water partition coefficient (Wildman–Crippen LogP) is 5.11. The molecule has 0 radical (unpaired) electrons. The summed E-state index contributed by atoms with van der Waals surface area (Å²) in [6.45, 7) is 5.14. The van der Waals surface area contributed by atoms with Crippen LogP contribution in [0.1, 0.15) is 39.5 Å². The van der Waals surface area contributed by atoms with Gasteiger partial charge < -0.3 is 10.1 Å². The van der Waals surface area contributed by atoms with Crippen molar-refractivity contribution >= 4 is 28.5 Å². The van der Waals surface area contributed by atoms with Gasteiger partial charge in [0.2, 0.25) is 5.91 Å². The maximum Gasteiger partial charge on any atom is 0.225 e. The average Bonchev–Trinajstić information content (AvgIpc) is 2.78. The van der Waals surface area contributed by atoms with Gasteiger partial charge in [0.25, 0.3) is 0 Å². The lowest BCUT2D eigenvalue weighted by Gasteiger charge is -2.33. The van der Waals surface area contributed by atoms with Crippen molar-refractivity contribution < 1.29 is 22.5 Å². The van der Waals surface area contributed by atoms with Crippen LogP contribution in [0.5, 0.6) is 5.75 Å². The minimum atomic E-state index is -1.42. The van der Waals surface area contributed by atoms with E-state index in [9.17, 15) is 17.8 Å². The summed E-state index contributed by atoms with van der Waals surface area (Å²) in [5.41, 5.74) is -0.608. The van der Waals surface area contributed by atoms with Crippen molar-refractivity contribution in [3.8, 4) is 5.75 Å². The number of nitrogens with one attached hydrogen (secondary N) is 1. The second kappa shape index (κ2) is 11.4. The van der Waals surface area contributed by atoms with Crippen LogP contribution in [0.15, 0.2) is 47.4 Å². The van der Waals surface area contributed by atoms with Gasteiger partial charge in [-0.1, -0.05) is 31.5 Å². The smallest absolute Gasteiger partial charge is 0.225 e. The van der Waals surface area contributed by atoms with E-state index in [1.165, 1.54) is 24.3 Å². The molecule has 1 saturated heterocycles. The third kappa shape index (κ3) is 7.22. The number of carbonyl (C=O) groups excluding carboxylic acids is 1. The lowest BCUT2D eigenvalue weighted by molar-refractivity contribution is -0.130. The molecule has 0 aliphatic carbocycles. The summed E-state index contributed by atoms with van der Waals surface area (Å²) in [4.78, 5) is 13.3. The van der Waals surface area contributed by atoms with Crippen molar-refractivity contribution in [1.82, 2.24) is 9.62 Å². The van der Waals surface area contributed by atoms with Gasteiger partial charge in [0, 0.05) is 29.6 Å². The number of nitrogens with zero attached hydrogens (tertiary/aromatic N) is 1. The lowest BCUT2D eigenvalue weighted by atomic mass is 9.86. The molecule has 1 aliphatic heterocycles. The molecule has 0 saturated carbocycles. The predicted molar refractivity (Wildman–Crippen MR) is 125 cm³/mol. The highest BCUT2D eigenvalue weighted by molar-refractivity contribution is 7.82. The van der Waals surface area contributed by atoms with Gasteiger partial charge >= 0.3 is 0 Å². The SMILES string of the molecule is CC(C)(CCCOc1ccc(Cl)cc1F)C(=O)NC1CCN(S(=O)c2cccc(F)c2)CC1. The van der Waals surface area contributed by atoms with Gasteiger partial charge in [0.15, 0.2) is 11.6 Å². The standard InChI is InChI=1S/C24H29ClF2N2O3S/c1-24(2,11-4-14-32-22-8-7-17(25)15-21(22)27)23(30)28-19-9-12-29(13-10-19)33(31)20-6-3-5-18(26)16-20/h3,5-8,15-16,19H,4,9-14H2,1-2H3,(H,28,30). The van der Waals surface area contributed by atoms with Gasteiger partial charge in [-0.25, -0.2) is 17.3 Å². The summed E-state index contributed by atoms with van der Waals surface area (Å²) < 4.78 is 47.1. The van der Waals surface area contributed by atoms with E-state index in [0.29, 0.717) is 55.3 Å². The summed E-state index contributed by atoms with van der Waals surface area (Å²) in [6, 6.07) is 10.1. The molecular formula is C24H29ClF2N2O3S. The number of hydrogen-bond donors (Lipinski definition) is 1. The van der Waals surface area contributed by atoms with Crippen LogP contribution >= 0.6 is 11.6 Å². The van der Waals surface area contributed by atoms with Crippen molar-refractivity contribution in [3.05, 3.63) is 59.1 Å². The molecule has 1 amide bonds. The van der Waals surface area contributed by atoms with E-state index in [2.05, 4.69) is 5.32 Å². The van der Waals surface area contributed by atoms with Gasteiger partial charge in [-0.2, -0.15) is 0 Å². The quantitative estimate of drug-likeness (QED) is 0.489. The molecule has 1 heterocycles. The number of piperidine rings is 1. The third-order valence-electron chi connectivity index (χ3n) is 5.73. The first-order valence-electron chi connectivity index (χ1n) is 11.0. The van der Waals surface area contributed by atoms with Crippen LogP contribution in [0.3, 0.4) is 0 Å². The summed E-state index contributed by atoms with van der Waals surface area (Å²) in [7, 11) is -1.42. The summed E-state index contributed by atoms with van der Waals surface area (Å²) in [5.74, 6) is -0.827. The molecule has 180 valence electrons. The van der Waals surface area contributed by atoms with Crippen LogP contribution in [-0.4, -0.2) is 40.2 Å². The van der Waals surface area contributed by atoms with E-state index in [-0.39, 0.29) is 17.7 Å². The Morgan fingerprint density at radius 2 is 1.94 bits per heavy atom. The largest absolute Gasteiger partial charge is 0.491 e. The van der Waals surface area contributed by atoms with Crippen LogP contribution in [0.4, 0.5) is 8.78 Å². The molecule has 1 atom stereocenters. The molecule has 0 aromatic heterocycles. The Labute approximate surface area is 201 Å². The summed E-state index contributed by atoms with van der Waals surface area (Å²) >= 11 is 5.74. The van der Waals surface area contributed by atoms with Crippen LogP contribution in [0.2, 0.25) is 5.02 Å². The van der Waals surface area contributed by atoms with Gasteiger partial charge in [0.05, 0.1) is 11.5 Å². The highest BCUT2D eigenvalue weighted by Crippen LogP contribution is 2.26. The van der Waals surface area contributed by atoms with Crippen molar-refractivity contribution in [2.75, 3.05) is 19.7 Å². The number of carbonyl (C=O) groups is 1. The summed E-state index contributed by atoms with van der Waals surface area (Å²) in [6.07, 6.45) is 2.51. The Kier molecular flexibility index (Phi) is 8.84. The van der Waals surface area contributed by atoms with Crippen LogP contribution in [0.25, 0.3) is 0 Å². The molecule has 2 aromatic rings.